The maximum absolute atomic E-state index is 14.7. The van der Waals surface area contributed by atoms with Gasteiger partial charge in [0, 0.05) is 12.1 Å². The molecule has 37 heavy (non-hydrogen) atoms. The molecule has 2 aliphatic rings. The van der Waals surface area contributed by atoms with Crippen molar-refractivity contribution in [1.82, 2.24) is 0 Å². The Labute approximate surface area is 210 Å². The molecule has 3 aromatic rings. The monoisotopic (exact) mass is 522 g/mol. The molecule has 0 unspecified atom stereocenters. The van der Waals surface area contributed by atoms with Crippen LogP contribution in [0.4, 0.5) is 30.7 Å². The van der Waals surface area contributed by atoms with Crippen molar-refractivity contribution in [2.45, 2.75) is 57.0 Å². The van der Waals surface area contributed by atoms with Crippen molar-refractivity contribution >= 4 is 0 Å². The van der Waals surface area contributed by atoms with Crippen LogP contribution in [-0.2, 0) is 6.11 Å². The summed E-state index contributed by atoms with van der Waals surface area (Å²) < 4.78 is 103. The Morgan fingerprint density at radius 1 is 0.649 bits per heavy atom. The fourth-order valence-corrected chi connectivity index (χ4v) is 5.31. The quantitative estimate of drug-likeness (QED) is 0.222. The summed E-state index contributed by atoms with van der Waals surface area (Å²) in [6.45, 7) is 0. The van der Waals surface area contributed by atoms with Gasteiger partial charge in [-0.2, -0.15) is 8.78 Å². The third kappa shape index (κ3) is 5.63. The van der Waals surface area contributed by atoms with Crippen LogP contribution in [-0.4, -0.2) is 0 Å². The van der Waals surface area contributed by atoms with E-state index in [1.165, 1.54) is 32.1 Å². The summed E-state index contributed by atoms with van der Waals surface area (Å²) in [5.74, 6) is -7.61. The van der Waals surface area contributed by atoms with Gasteiger partial charge in [-0.1, -0.05) is 37.1 Å². The fraction of sp³-hybridized carbons (Fsp3) is 0.379. The summed E-state index contributed by atoms with van der Waals surface area (Å²) in [5, 5.41) is 0. The molecule has 0 spiro atoms. The van der Waals surface area contributed by atoms with Gasteiger partial charge in [0.2, 0.25) is 0 Å². The van der Waals surface area contributed by atoms with E-state index < -0.39 is 46.5 Å². The summed E-state index contributed by atoms with van der Waals surface area (Å²) in [6.07, 6.45) is 4.05. The molecule has 2 fully saturated rings. The third-order valence-electron chi connectivity index (χ3n) is 7.46. The minimum absolute atomic E-state index is 0.0492. The molecule has 3 aromatic carbocycles. The van der Waals surface area contributed by atoms with E-state index in [-0.39, 0.29) is 17.7 Å². The second-order valence-electron chi connectivity index (χ2n) is 10.2. The summed E-state index contributed by atoms with van der Waals surface area (Å²) in [7, 11) is 0. The van der Waals surface area contributed by atoms with Gasteiger partial charge in [-0.05, 0) is 78.7 Å². The Bertz CT molecular complexity index is 1230. The molecular weight excluding hydrogens is 497 g/mol. The molecule has 1 nitrogen and oxygen atoms in total. The molecule has 196 valence electrons. The van der Waals surface area contributed by atoms with E-state index in [4.69, 9.17) is 0 Å². The Hall–Kier alpha value is -3.03. The minimum Gasteiger partial charge on any atom is -0.429 e. The highest BCUT2D eigenvalue weighted by Gasteiger charge is 2.41. The normalized spacial score (nSPS) is 20.2. The zero-order valence-electron chi connectivity index (χ0n) is 19.9. The van der Waals surface area contributed by atoms with E-state index in [0.717, 1.165) is 42.4 Å². The van der Waals surface area contributed by atoms with Gasteiger partial charge < -0.3 is 4.74 Å². The van der Waals surface area contributed by atoms with Crippen LogP contribution >= 0.6 is 0 Å². The van der Waals surface area contributed by atoms with Crippen LogP contribution in [0, 0.1) is 40.9 Å². The number of alkyl halides is 2. The Morgan fingerprint density at radius 2 is 1.16 bits per heavy atom. The number of hydrogen-bond acceptors (Lipinski definition) is 1. The maximum atomic E-state index is 14.7. The van der Waals surface area contributed by atoms with Gasteiger partial charge in [0.05, 0.1) is 0 Å². The van der Waals surface area contributed by atoms with Gasteiger partial charge in [0.25, 0.3) is 0 Å². The molecule has 0 amide bonds. The predicted octanol–water partition coefficient (Wildman–Crippen LogP) is 9.25. The highest BCUT2D eigenvalue weighted by Crippen LogP contribution is 2.44. The lowest BCUT2D eigenvalue weighted by Gasteiger charge is -2.29. The van der Waals surface area contributed by atoms with E-state index >= 15 is 0 Å². The van der Waals surface area contributed by atoms with Crippen molar-refractivity contribution < 1.29 is 35.5 Å². The first-order chi connectivity index (χ1) is 17.6. The molecule has 0 aromatic heterocycles. The largest absolute Gasteiger partial charge is 0.432 e. The molecule has 2 aliphatic carbocycles. The second kappa shape index (κ2) is 10.0. The van der Waals surface area contributed by atoms with Gasteiger partial charge in [-0.25, -0.2) is 22.0 Å². The van der Waals surface area contributed by atoms with Crippen LogP contribution in [0.5, 0.6) is 5.75 Å². The smallest absolute Gasteiger partial charge is 0.429 e. The first-order valence-corrected chi connectivity index (χ1v) is 12.4. The lowest BCUT2D eigenvalue weighted by Crippen LogP contribution is -2.25. The highest BCUT2D eigenvalue weighted by molar-refractivity contribution is 5.64. The summed E-state index contributed by atoms with van der Waals surface area (Å²) in [6, 6.07) is 9.05. The van der Waals surface area contributed by atoms with E-state index in [0.29, 0.717) is 11.5 Å². The number of rotatable bonds is 7. The minimum atomic E-state index is -4.62. The summed E-state index contributed by atoms with van der Waals surface area (Å²) in [4.78, 5) is 0. The van der Waals surface area contributed by atoms with Crippen LogP contribution in [0.2, 0.25) is 0 Å². The van der Waals surface area contributed by atoms with E-state index in [9.17, 15) is 30.7 Å². The van der Waals surface area contributed by atoms with Crippen LogP contribution in [0.15, 0.2) is 48.5 Å². The van der Waals surface area contributed by atoms with Crippen LogP contribution in [0.1, 0.15) is 62.0 Å². The zero-order chi connectivity index (χ0) is 26.3. The van der Waals surface area contributed by atoms with Crippen LogP contribution in [0.25, 0.3) is 11.1 Å². The molecule has 0 heterocycles. The Morgan fingerprint density at radius 3 is 1.68 bits per heavy atom. The molecule has 0 bridgehead atoms. The van der Waals surface area contributed by atoms with Crippen molar-refractivity contribution in [2.24, 2.45) is 11.8 Å². The number of benzene rings is 3. The van der Waals surface area contributed by atoms with E-state index in [1.807, 2.05) is 12.1 Å². The fourth-order valence-electron chi connectivity index (χ4n) is 5.31. The molecule has 2 saturated carbocycles. The van der Waals surface area contributed by atoms with Crippen molar-refractivity contribution in [3.63, 3.8) is 0 Å². The van der Waals surface area contributed by atoms with Crippen molar-refractivity contribution in [3.05, 3.63) is 88.7 Å². The van der Waals surface area contributed by atoms with Crippen molar-refractivity contribution in [2.75, 3.05) is 0 Å². The van der Waals surface area contributed by atoms with Gasteiger partial charge in [-0.3, -0.25) is 0 Å². The first kappa shape index (κ1) is 25.6. The second-order valence-corrected chi connectivity index (χ2v) is 10.2. The summed E-state index contributed by atoms with van der Waals surface area (Å²) in [5.41, 5.74) is -0.0820. The molecular formula is C29H25F7O. The third-order valence-corrected chi connectivity index (χ3v) is 7.46. The number of halogens is 7. The number of ether oxygens (including phenoxy) is 1. The number of hydrogen-bond donors (Lipinski definition) is 0. The molecule has 0 saturated heterocycles. The molecule has 0 radical (unpaired) electrons. The van der Waals surface area contributed by atoms with Crippen LogP contribution in [0.3, 0.4) is 0 Å². The molecule has 5 rings (SSSR count). The molecule has 8 heteroatoms. The average Bonchev–Trinajstić information content (AvgIpc) is 3.66. The molecule has 0 N–H and O–H groups in total. The zero-order valence-corrected chi connectivity index (χ0v) is 19.9. The average molecular weight is 523 g/mol. The molecule has 0 aliphatic heterocycles. The Kier molecular flexibility index (Phi) is 6.94. The predicted molar refractivity (Wildman–Crippen MR) is 125 cm³/mol. The summed E-state index contributed by atoms with van der Waals surface area (Å²) >= 11 is 0. The van der Waals surface area contributed by atoms with Gasteiger partial charge >= 0.3 is 6.11 Å². The van der Waals surface area contributed by atoms with E-state index in [1.54, 1.807) is 12.1 Å². The lowest BCUT2D eigenvalue weighted by atomic mass is 9.77. The van der Waals surface area contributed by atoms with Gasteiger partial charge in [0.1, 0.15) is 22.9 Å². The lowest BCUT2D eigenvalue weighted by molar-refractivity contribution is -0.189. The van der Waals surface area contributed by atoms with Crippen molar-refractivity contribution in [1.29, 1.82) is 0 Å². The maximum Gasteiger partial charge on any atom is 0.432 e. The standard InChI is InChI=1S/C29H25F7O/c30-23-12-21(13-24(31)27(23)29(35,36)37-22-14-25(32)28(34)26(33)15-22)20-9-7-19(8-10-20)18-5-3-17(4-6-18)11-16-1-2-16/h7-10,12-18H,1-6,11H2. The first-order valence-electron chi connectivity index (χ1n) is 12.4. The Balaban J connectivity index is 1.31. The van der Waals surface area contributed by atoms with Crippen LogP contribution < -0.4 is 4.74 Å². The molecule has 0 atom stereocenters. The SMILES string of the molecule is Fc1cc(OC(F)(F)c2c(F)cc(-c3ccc(C4CCC(CC5CC5)CC4)cc3)cc2F)cc(F)c1F. The van der Waals surface area contributed by atoms with Gasteiger partial charge in [0.15, 0.2) is 17.5 Å². The van der Waals surface area contributed by atoms with Crippen molar-refractivity contribution in [3.8, 4) is 16.9 Å². The highest BCUT2D eigenvalue weighted by atomic mass is 19.3. The van der Waals surface area contributed by atoms with Gasteiger partial charge in [-0.15, -0.1) is 0 Å². The topological polar surface area (TPSA) is 9.23 Å². The van der Waals surface area contributed by atoms with E-state index in [2.05, 4.69) is 4.74 Å².